The fraction of sp³-hybridized carbons (Fsp3) is 0.547. The van der Waals surface area contributed by atoms with Gasteiger partial charge >= 0.3 is 0 Å². The number of rotatable bonds is 41. The van der Waals surface area contributed by atoms with Gasteiger partial charge in [-0.15, -0.1) is 0 Å². The molecule has 2 fully saturated rings. The molecule has 0 saturated carbocycles. The SMILES string of the molecule is CC1=CC(C)=C(CCC(=O)c2cc(-c3ccc(N4CCN(CCNC(=O)CCOCCOCCOCCOCCOCCOCCOCCOCCNc5cccc6c5C(=O)N(C5CCC(=O)NC5=O)C6=O)CC4)nc3)cc(NC(C)C)c2C=N)C(=O)C1. The van der Waals surface area contributed by atoms with E-state index in [0.717, 1.165) is 65.7 Å². The van der Waals surface area contributed by atoms with E-state index in [9.17, 15) is 33.6 Å². The minimum Gasteiger partial charge on any atom is -0.382 e. The first-order valence-corrected chi connectivity index (χ1v) is 30.5. The van der Waals surface area contributed by atoms with Crippen LogP contribution in [0, 0.1) is 5.41 Å². The van der Waals surface area contributed by atoms with Crippen LogP contribution in [0.15, 0.2) is 71.5 Å². The van der Waals surface area contributed by atoms with Gasteiger partial charge in [-0.3, -0.25) is 48.7 Å². The van der Waals surface area contributed by atoms with Crippen molar-refractivity contribution in [3.05, 3.63) is 93.7 Å². The summed E-state index contributed by atoms with van der Waals surface area (Å²) in [7, 11) is 0. The minimum absolute atomic E-state index is 0.0552. The van der Waals surface area contributed by atoms with Crippen LogP contribution in [-0.4, -0.2) is 226 Å². The van der Waals surface area contributed by atoms with Crippen LogP contribution >= 0.6 is 0 Å². The number of nitrogens with zero attached hydrogens (tertiary/aromatic N) is 4. The number of piperazine rings is 1. The number of anilines is 3. The monoisotopic (exact) mass is 1220 g/mol. The number of fused-ring (bicyclic) bond motifs is 1. The quantitative estimate of drug-likeness (QED) is 0.0215. The number of pyridine rings is 1. The lowest BCUT2D eigenvalue weighted by atomic mass is 9.88. The number of carbonyl (C=O) groups excluding carboxylic acids is 7. The van der Waals surface area contributed by atoms with Crippen molar-refractivity contribution in [1.82, 2.24) is 25.4 Å². The molecule has 1 atom stereocenters. The van der Waals surface area contributed by atoms with E-state index in [0.29, 0.717) is 160 Å². The van der Waals surface area contributed by atoms with E-state index in [1.807, 2.05) is 64.2 Å². The molecule has 3 aromatic rings. The number of ether oxygens (including phenoxy) is 8. The Balaban J connectivity index is 0.618. The number of carbonyl (C=O) groups is 7. The van der Waals surface area contributed by atoms with Crippen LogP contribution in [0.25, 0.3) is 11.1 Å². The lowest BCUT2D eigenvalue weighted by Gasteiger charge is -2.35. The van der Waals surface area contributed by atoms with Crippen molar-refractivity contribution in [3.63, 3.8) is 0 Å². The van der Waals surface area contributed by atoms with Crippen molar-refractivity contribution in [3.8, 4) is 11.1 Å². The number of ketones is 2. The number of aromatic nitrogens is 1. The van der Waals surface area contributed by atoms with Gasteiger partial charge in [-0.1, -0.05) is 17.7 Å². The molecule has 478 valence electrons. The van der Waals surface area contributed by atoms with Crippen molar-refractivity contribution in [2.45, 2.75) is 78.3 Å². The van der Waals surface area contributed by atoms with Gasteiger partial charge in [0.15, 0.2) is 11.6 Å². The lowest BCUT2D eigenvalue weighted by Crippen LogP contribution is -2.54. The zero-order chi connectivity index (χ0) is 62.6. The smallest absolute Gasteiger partial charge is 0.264 e. The third-order valence-corrected chi connectivity index (χ3v) is 15.0. The molecule has 24 heteroatoms. The Labute approximate surface area is 515 Å². The maximum atomic E-state index is 13.8. The Morgan fingerprint density at radius 1 is 0.716 bits per heavy atom. The van der Waals surface area contributed by atoms with Crippen molar-refractivity contribution >= 4 is 64.5 Å². The van der Waals surface area contributed by atoms with E-state index in [1.165, 1.54) is 6.21 Å². The van der Waals surface area contributed by atoms with Crippen LogP contribution in [0.4, 0.5) is 17.2 Å². The molecule has 1 unspecified atom stereocenters. The summed E-state index contributed by atoms with van der Waals surface area (Å²) in [5, 5.41) is 20.0. The van der Waals surface area contributed by atoms with Crippen molar-refractivity contribution in [2.24, 2.45) is 0 Å². The van der Waals surface area contributed by atoms with Gasteiger partial charge < -0.3 is 64.2 Å². The van der Waals surface area contributed by atoms with E-state index in [1.54, 1.807) is 18.2 Å². The highest BCUT2D eigenvalue weighted by Gasteiger charge is 2.45. The Bertz CT molecular complexity index is 2930. The van der Waals surface area contributed by atoms with Crippen LogP contribution < -0.4 is 26.2 Å². The second-order valence-corrected chi connectivity index (χ2v) is 21.9. The molecule has 0 bridgehead atoms. The molecular formula is C64H87N9O15. The summed E-state index contributed by atoms with van der Waals surface area (Å²) in [5.41, 5.74) is 6.87. The Morgan fingerprint density at radius 3 is 1.90 bits per heavy atom. The maximum Gasteiger partial charge on any atom is 0.264 e. The predicted octanol–water partition coefficient (Wildman–Crippen LogP) is 5.04. The van der Waals surface area contributed by atoms with Crippen LogP contribution in [-0.2, 0) is 57.1 Å². The molecule has 0 spiro atoms. The molecular weight excluding hydrogens is 1130 g/mol. The molecule has 1 aliphatic carbocycles. The van der Waals surface area contributed by atoms with E-state index in [-0.39, 0.29) is 60.3 Å². The van der Waals surface area contributed by atoms with Gasteiger partial charge in [0, 0.05) is 118 Å². The molecule has 4 aliphatic rings. The second kappa shape index (κ2) is 36.4. The van der Waals surface area contributed by atoms with Gasteiger partial charge in [-0.2, -0.15) is 0 Å². The minimum atomic E-state index is -1.02. The predicted molar refractivity (Wildman–Crippen MR) is 330 cm³/mol. The van der Waals surface area contributed by atoms with Crippen molar-refractivity contribution < 1.29 is 71.5 Å². The number of allylic oxidation sites excluding steroid dienone is 4. The number of piperidine rings is 1. The van der Waals surface area contributed by atoms with Gasteiger partial charge in [-0.05, 0) is 93.6 Å². The zero-order valence-corrected chi connectivity index (χ0v) is 51.3. The number of amides is 5. The standard InChI is InChI=1S/C64H87N9O15/c1-44(2)69-54-41-48(40-51(52(54)42-65)56(74)11-9-49-46(4)38-45(3)39-57(49)75)47-8-12-58(68-43-47)72-20-18-71(19-21-72)17-15-67-59(76)14-22-81-24-26-83-28-30-85-32-34-87-36-37-88-35-33-86-31-29-84-27-25-82-23-16-66-53-7-5-6-50-61(53)64(80)73(63(50)79)55-10-13-60(77)70-62(55)78/h5-8,12,38,40-44,55,65-66,69H,9-11,13-37,39H2,1-4H3,(H,67,76)(H,70,77,78). The zero-order valence-electron chi connectivity index (χ0n) is 51.3. The number of hydrogen-bond acceptors (Lipinski definition) is 21. The first kappa shape index (κ1) is 68.4. The molecule has 24 nitrogen and oxygen atoms in total. The molecule has 5 N–H and O–H groups in total. The molecule has 3 aliphatic heterocycles. The summed E-state index contributed by atoms with van der Waals surface area (Å²) >= 11 is 0. The maximum absolute atomic E-state index is 13.8. The largest absolute Gasteiger partial charge is 0.382 e. The third-order valence-electron chi connectivity index (χ3n) is 15.0. The van der Waals surface area contributed by atoms with Gasteiger partial charge in [0.1, 0.15) is 11.9 Å². The fourth-order valence-electron chi connectivity index (χ4n) is 10.5. The fourth-order valence-corrected chi connectivity index (χ4v) is 10.5. The van der Waals surface area contributed by atoms with Crippen molar-refractivity contribution in [1.29, 1.82) is 5.41 Å². The third kappa shape index (κ3) is 21.0. The number of benzene rings is 2. The van der Waals surface area contributed by atoms with E-state index in [2.05, 4.69) is 31.1 Å². The summed E-state index contributed by atoms with van der Waals surface area (Å²) in [5.74, 6) is -1.44. The molecule has 7 rings (SSSR count). The van der Waals surface area contributed by atoms with Crippen LogP contribution in [0.3, 0.4) is 0 Å². The highest BCUT2D eigenvalue weighted by Crippen LogP contribution is 2.34. The molecule has 1 aromatic heterocycles. The molecule has 4 heterocycles. The summed E-state index contributed by atoms with van der Waals surface area (Å²) in [6, 6.07) is 11.8. The first-order valence-electron chi connectivity index (χ1n) is 30.5. The molecule has 2 aromatic carbocycles. The molecule has 0 radical (unpaired) electrons. The topological polar surface area (TPSA) is 288 Å². The first-order chi connectivity index (χ1) is 42.7. The van der Waals surface area contributed by atoms with Crippen LogP contribution in [0.2, 0.25) is 0 Å². The van der Waals surface area contributed by atoms with Crippen molar-refractivity contribution in [2.75, 3.05) is 167 Å². The molecule has 2 saturated heterocycles. The number of nitrogens with one attached hydrogen (secondary N) is 5. The van der Waals surface area contributed by atoms with E-state index >= 15 is 0 Å². The van der Waals surface area contributed by atoms with Gasteiger partial charge in [0.05, 0.1) is 117 Å². The number of Topliss-reactive ketones (excluding diaryl/α,β-unsaturated/α-hetero) is 2. The molecule has 88 heavy (non-hydrogen) atoms. The molecule has 5 amide bonds. The van der Waals surface area contributed by atoms with Crippen LogP contribution in [0.1, 0.15) is 103 Å². The van der Waals surface area contributed by atoms with E-state index < -0.39 is 29.7 Å². The number of imide groups is 2. The van der Waals surface area contributed by atoms with Crippen LogP contribution in [0.5, 0.6) is 0 Å². The highest BCUT2D eigenvalue weighted by molar-refractivity contribution is 6.25. The van der Waals surface area contributed by atoms with Gasteiger partial charge in [0.2, 0.25) is 17.7 Å². The summed E-state index contributed by atoms with van der Waals surface area (Å²) in [6.45, 7) is 19.1. The van der Waals surface area contributed by atoms with E-state index in [4.69, 9.17) is 48.3 Å². The number of hydrogen-bond donors (Lipinski definition) is 5. The summed E-state index contributed by atoms with van der Waals surface area (Å²) in [4.78, 5) is 99.6. The van der Waals surface area contributed by atoms with Gasteiger partial charge in [-0.25, -0.2) is 4.98 Å². The average molecular weight is 1220 g/mol. The summed E-state index contributed by atoms with van der Waals surface area (Å²) < 4.78 is 44.5. The Kier molecular flexibility index (Phi) is 28.3. The summed E-state index contributed by atoms with van der Waals surface area (Å²) in [6.07, 6.45) is 6.40. The lowest BCUT2D eigenvalue weighted by molar-refractivity contribution is -0.136. The second-order valence-electron chi connectivity index (χ2n) is 21.9. The normalized spacial score (nSPS) is 16.4. The van der Waals surface area contributed by atoms with Gasteiger partial charge in [0.25, 0.3) is 11.8 Å². The Morgan fingerprint density at radius 2 is 1.33 bits per heavy atom. The Hall–Kier alpha value is -7.13. The average Bonchev–Trinajstić information content (AvgIpc) is 1.94. The highest BCUT2D eigenvalue weighted by atomic mass is 16.6.